The normalized spacial score (nSPS) is 11.1. The Balaban J connectivity index is 1.86. The van der Waals surface area contributed by atoms with Crippen LogP contribution in [0.25, 0.3) is 33.3 Å². The minimum Gasteiger partial charge on any atom is -0.247 e. The van der Waals surface area contributed by atoms with Crippen molar-refractivity contribution in [3.05, 3.63) is 89.9 Å². The van der Waals surface area contributed by atoms with Crippen LogP contribution in [-0.4, -0.2) is 15.2 Å². The Morgan fingerprint density at radius 3 is 2.07 bits per heavy atom. The number of aryl methyl sites for hydroxylation is 1. The number of rotatable bonds is 4. The van der Waals surface area contributed by atoms with Gasteiger partial charge in [-0.15, -0.1) is 10.2 Å². The highest BCUT2D eigenvalue weighted by atomic mass is 32.2. The van der Waals surface area contributed by atoms with Crippen molar-refractivity contribution in [3.8, 4) is 22.4 Å². The Hall–Kier alpha value is -3.02. The van der Waals surface area contributed by atoms with E-state index in [1.807, 2.05) is 25.1 Å². The molecule has 0 aliphatic heterocycles. The maximum Gasteiger partial charge on any atom is 0.179 e. The Morgan fingerprint density at radius 1 is 0.724 bits per heavy atom. The molecule has 0 spiro atoms. The predicted molar refractivity (Wildman–Crippen MR) is 121 cm³/mol. The van der Waals surface area contributed by atoms with Crippen molar-refractivity contribution in [1.29, 1.82) is 0 Å². The van der Waals surface area contributed by atoms with Crippen LogP contribution in [0.15, 0.2) is 94.2 Å². The minimum absolute atomic E-state index is 0.925. The van der Waals surface area contributed by atoms with Crippen molar-refractivity contribution in [2.24, 2.45) is 0 Å². The Labute approximate surface area is 177 Å². The van der Waals surface area contributed by atoms with E-state index in [0.717, 1.165) is 36.4 Å². The molecule has 5 heteroatoms. The molecule has 140 valence electrons. The first-order valence-corrected chi connectivity index (χ1v) is 10.9. The number of pyridine rings is 1. The molecule has 0 fully saturated rings. The minimum atomic E-state index is 0.925. The van der Waals surface area contributed by atoms with E-state index in [0.29, 0.717) is 0 Å². The molecule has 5 rings (SSSR count). The largest absolute Gasteiger partial charge is 0.247 e. The van der Waals surface area contributed by atoms with Gasteiger partial charge in [-0.25, -0.2) is 4.98 Å². The second-order valence-corrected chi connectivity index (χ2v) is 9.04. The molecule has 0 unspecified atom stereocenters. The van der Waals surface area contributed by atoms with Gasteiger partial charge < -0.3 is 0 Å². The summed E-state index contributed by atoms with van der Waals surface area (Å²) in [7, 11) is 0. The van der Waals surface area contributed by atoms with E-state index in [2.05, 4.69) is 76.9 Å². The van der Waals surface area contributed by atoms with Crippen molar-refractivity contribution < 1.29 is 0 Å². The summed E-state index contributed by atoms with van der Waals surface area (Å²) in [5.41, 5.74) is 5.42. The van der Waals surface area contributed by atoms with Crippen LogP contribution >= 0.6 is 23.1 Å². The molecule has 0 saturated heterocycles. The fourth-order valence-corrected chi connectivity index (χ4v) is 5.42. The molecule has 0 radical (unpaired) electrons. The summed E-state index contributed by atoms with van der Waals surface area (Å²) in [5, 5.41) is 10.7. The van der Waals surface area contributed by atoms with Crippen LogP contribution in [0.1, 0.15) is 5.01 Å². The lowest BCUT2D eigenvalue weighted by atomic mass is 9.98. The summed E-state index contributed by atoms with van der Waals surface area (Å²) >= 11 is 3.26. The highest BCUT2D eigenvalue weighted by Gasteiger charge is 2.20. The van der Waals surface area contributed by atoms with Gasteiger partial charge in [-0.2, -0.15) is 0 Å². The van der Waals surface area contributed by atoms with Crippen molar-refractivity contribution >= 4 is 34.0 Å². The van der Waals surface area contributed by atoms with Gasteiger partial charge in [-0.3, -0.25) is 0 Å². The lowest BCUT2D eigenvalue weighted by Gasteiger charge is -2.16. The first kappa shape index (κ1) is 18.0. The fraction of sp³-hybridized carbons (Fsp3) is 0.0417. The Bertz CT molecular complexity index is 1280. The monoisotopic (exact) mass is 411 g/mol. The third-order valence-corrected chi connectivity index (χ3v) is 6.65. The lowest BCUT2D eigenvalue weighted by molar-refractivity contribution is 0.984. The van der Waals surface area contributed by atoms with E-state index in [9.17, 15) is 0 Å². The number of para-hydroxylation sites is 1. The fourth-order valence-electron chi connectivity index (χ4n) is 3.38. The van der Waals surface area contributed by atoms with Gasteiger partial charge in [0.25, 0.3) is 0 Å². The molecular weight excluding hydrogens is 394 g/mol. The van der Waals surface area contributed by atoms with Crippen molar-refractivity contribution in [3.63, 3.8) is 0 Å². The number of hydrogen-bond acceptors (Lipinski definition) is 5. The van der Waals surface area contributed by atoms with Gasteiger partial charge >= 0.3 is 0 Å². The summed E-state index contributed by atoms with van der Waals surface area (Å²) in [5.74, 6) is 0. The molecule has 0 saturated carbocycles. The van der Waals surface area contributed by atoms with Gasteiger partial charge in [0, 0.05) is 21.4 Å². The Morgan fingerprint density at radius 2 is 1.38 bits per heavy atom. The molecule has 3 nitrogen and oxygen atoms in total. The summed E-state index contributed by atoms with van der Waals surface area (Å²) < 4.78 is 0.925. The first-order valence-electron chi connectivity index (χ1n) is 9.31. The summed E-state index contributed by atoms with van der Waals surface area (Å²) in [6, 6.07) is 29.2. The highest BCUT2D eigenvalue weighted by Crippen LogP contribution is 2.45. The summed E-state index contributed by atoms with van der Waals surface area (Å²) in [6.45, 7) is 1.98. The summed E-state index contributed by atoms with van der Waals surface area (Å²) in [4.78, 5) is 6.18. The molecular formula is C24H17N3S2. The molecule has 0 aliphatic rings. The molecule has 0 amide bonds. The van der Waals surface area contributed by atoms with Crippen LogP contribution in [0.4, 0.5) is 0 Å². The second-order valence-electron chi connectivity index (χ2n) is 6.60. The van der Waals surface area contributed by atoms with E-state index in [4.69, 9.17) is 4.98 Å². The number of fused-ring (bicyclic) bond motifs is 1. The van der Waals surface area contributed by atoms with Crippen molar-refractivity contribution in [2.45, 2.75) is 16.2 Å². The SMILES string of the molecule is Cc1nnc(Sc2c(-c3ccccc3)nc3ccccc3c2-c2ccccc2)s1. The summed E-state index contributed by atoms with van der Waals surface area (Å²) in [6.07, 6.45) is 0. The maximum atomic E-state index is 5.07. The third-order valence-electron chi connectivity index (χ3n) is 4.65. The number of nitrogens with zero attached hydrogens (tertiary/aromatic N) is 3. The zero-order valence-corrected chi connectivity index (χ0v) is 17.4. The number of benzene rings is 3. The van der Waals surface area contributed by atoms with E-state index in [1.54, 1.807) is 23.1 Å². The van der Waals surface area contributed by atoms with E-state index < -0.39 is 0 Å². The second kappa shape index (κ2) is 7.78. The van der Waals surface area contributed by atoms with Gasteiger partial charge in [-0.1, -0.05) is 102 Å². The Kier molecular flexibility index (Phi) is 4.84. The van der Waals surface area contributed by atoms with Crippen LogP contribution in [0, 0.1) is 6.92 Å². The van der Waals surface area contributed by atoms with E-state index >= 15 is 0 Å². The predicted octanol–water partition coefficient (Wildman–Crippen LogP) is 6.88. The standard InChI is InChI=1S/C24H17N3S2/c1-16-26-27-24(28-16)29-23-21(17-10-4-2-5-11-17)19-14-8-9-15-20(19)25-22(23)18-12-6-3-7-13-18/h2-15H,1H3. The first-order chi connectivity index (χ1) is 14.3. The molecule has 2 aromatic heterocycles. The van der Waals surface area contributed by atoms with Gasteiger partial charge in [0.05, 0.1) is 11.2 Å². The van der Waals surface area contributed by atoms with E-state index in [1.165, 1.54) is 11.1 Å². The van der Waals surface area contributed by atoms with Crippen LogP contribution in [-0.2, 0) is 0 Å². The van der Waals surface area contributed by atoms with Gasteiger partial charge in [0.2, 0.25) is 0 Å². The van der Waals surface area contributed by atoms with Crippen LogP contribution in [0.3, 0.4) is 0 Å². The van der Waals surface area contributed by atoms with Gasteiger partial charge in [-0.05, 0) is 18.6 Å². The maximum absolute atomic E-state index is 5.07. The molecule has 0 N–H and O–H groups in total. The van der Waals surface area contributed by atoms with Crippen LogP contribution in [0.5, 0.6) is 0 Å². The quantitative estimate of drug-likeness (QED) is 0.323. The van der Waals surface area contributed by atoms with Gasteiger partial charge in [0.15, 0.2) is 4.34 Å². The zero-order valence-electron chi connectivity index (χ0n) is 15.7. The number of aromatic nitrogens is 3. The van der Waals surface area contributed by atoms with Gasteiger partial charge in [0.1, 0.15) is 5.01 Å². The molecule has 5 aromatic rings. The zero-order chi connectivity index (χ0) is 19.6. The van der Waals surface area contributed by atoms with E-state index in [-0.39, 0.29) is 0 Å². The molecule has 2 heterocycles. The molecule has 0 bridgehead atoms. The molecule has 0 atom stereocenters. The smallest absolute Gasteiger partial charge is 0.179 e. The van der Waals surface area contributed by atoms with Crippen LogP contribution in [0.2, 0.25) is 0 Å². The number of hydrogen-bond donors (Lipinski definition) is 0. The molecule has 29 heavy (non-hydrogen) atoms. The van der Waals surface area contributed by atoms with Crippen molar-refractivity contribution in [1.82, 2.24) is 15.2 Å². The third kappa shape index (κ3) is 3.55. The lowest BCUT2D eigenvalue weighted by Crippen LogP contribution is -1.95. The molecule has 3 aromatic carbocycles. The highest BCUT2D eigenvalue weighted by molar-refractivity contribution is 8.01. The average molecular weight is 412 g/mol. The molecule has 0 aliphatic carbocycles. The van der Waals surface area contributed by atoms with Crippen LogP contribution < -0.4 is 0 Å². The average Bonchev–Trinajstić information content (AvgIpc) is 3.19. The topological polar surface area (TPSA) is 38.7 Å². The van der Waals surface area contributed by atoms with Crippen molar-refractivity contribution in [2.75, 3.05) is 0 Å².